The van der Waals surface area contributed by atoms with Crippen LogP contribution in [0, 0.1) is 5.92 Å². The van der Waals surface area contributed by atoms with Gasteiger partial charge < -0.3 is 4.74 Å². The summed E-state index contributed by atoms with van der Waals surface area (Å²) in [6.07, 6.45) is 0.754. The molecule has 2 aromatic carbocycles. The quantitative estimate of drug-likeness (QED) is 0.236. The van der Waals surface area contributed by atoms with Gasteiger partial charge in [0.1, 0.15) is 6.10 Å². The van der Waals surface area contributed by atoms with Crippen molar-refractivity contribution in [3.05, 3.63) is 83.9 Å². The summed E-state index contributed by atoms with van der Waals surface area (Å²) in [5.41, 5.74) is 2.10. The minimum Gasteiger partial charge on any atom is -0.467 e. The molecular formula is C25H30F3NO. The van der Waals surface area contributed by atoms with Gasteiger partial charge in [0.15, 0.2) is 0 Å². The van der Waals surface area contributed by atoms with Gasteiger partial charge >= 0.3 is 6.18 Å². The van der Waals surface area contributed by atoms with Crippen LogP contribution in [-0.2, 0) is 17.6 Å². The van der Waals surface area contributed by atoms with Crippen LogP contribution < -0.4 is 0 Å². The Balaban J connectivity index is 2.09. The highest BCUT2D eigenvalue weighted by molar-refractivity contribution is 5.82. The van der Waals surface area contributed by atoms with Crippen LogP contribution in [0.2, 0.25) is 0 Å². The van der Waals surface area contributed by atoms with Crippen molar-refractivity contribution in [2.45, 2.75) is 51.8 Å². The van der Waals surface area contributed by atoms with Gasteiger partial charge in [-0.15, -0.1) is 0 Å². The van der Waals surface area contributed by atoms with E-state index in [9.17, 15) is 13.2 Å². The van der Waals surface area contributed by atoms with Gasteiger partial charge in [-0.2, -0.15) is 13.2 Å². The van der Waals surface area contributed by atoms with E-state index in [0.717, 1.165) is 18.4 Å². The van der Waals surface area contributed by atoms with Gasteiger partial charge in [-0.3, -0.25) is 0 Å². The number of allylic oxidation sites excluding steroid dienone is 1. The number of nitrogens with zero attached hydrogens (tertiary/aromatic N) is 1. The lowest BCUT2D eigenvalue weighted by atomic mass is 10.1. The fourth-order valence-electron chi connectivity index (χ4n) is 2.90. The third kappa shape index (κ3) is 9.29. The molecular weight excluding hydrogens is 387 g/mol. The summed E-state index contributed by atoms with van der Waals surface area (Å²) in [5.74, 6) is -0.863. The first-order chi connectivity index (χ1) is 14.3. The second kappa shape index (κ2) is 12.2. The molecule has 0 amide bonds. The smallest absolute Gasteiger partial charge is 0.467 e. The Bertz CT molecular complexity index is 783. The molecule has 0 bridgehead atoms. The lowest BCUT2D eigenvalue weighted by Gasteiger charge is -2.19. The van der Waals surface area contributed by atoms with Gasteiger partial charge in [-0.25, -0.2) is 4.99 Å². The first kappa shape index (κ1) is 23.7. The molecule has 1 unspecified atom stereocenters. The van der Waals surface area contributed by atoms with Crippen molar-refractivity contribution in [3.8, 4) is 0 Å². The maximum Gasteiger partial charge on any atom is 0.468 e. The SMILES string of the molecule is CC(C)CCN=C(OC(/C=C/CCc1ccccc1)Cc1ccccc1)C(F)(F)F. The number of rotatable bonds is 10. The van der Waals surface area contributed by atoms with E-state index in [0.29, 0.717) is 12.8 Å². The molecule has 2 rings (SSSR count). The second-order valence-corrected chi connectivity index (χ2v) is 7.67. The summed E-state index contributed by atoms with van der Waals surface area (Å²) < 4.78 is 45.8. The highest BCUT2D eigenvalue weighted by Gasteiger charge is 2.39. The molecule has 0 fully saturated rings. The van der Waals surface area contributed by atoms with Gasteiger partial charge in [0.25, 0.3) is 5.90 Å². The molecule has 0 saturated heterocycles. The number of hydrogen-bond acceptors (Lipinski definition) is 2. The molecule has 30 heavy (non-hydrogen) atoms. The molecule has 0 N–H and O–H groups in total. The molecule has 5 heteroatoms. The van der Waals surface area contributed by atoms with Crippen LogP contribution in [0.15, 0.2) is 77.8 Å². The van der Waals surface area contributed by atoms with Crippen molar-refractivity contribution in [2.24, 2.45) is 10.9 Å². The van der Waals surface area contributed by atoms with Crippen LogP contribution in [-0.4, -0.2) is 24.7 Å². The lowest BCUT2D eigenvalue weighted by Crippen LogP contribution is -2.31. The third-order valence-corrected chi connectivity index (χ3v) is 4.54. The second-order valence-electron chi connectivity index (χ2n) is 7.67. The summed E-state index contributed by atoms with van der Waals surface area (Å²) in [7, 11) is 0. The normalized spacial score (nSPS) is 13.7. The van der Waals surface area contributed by atoms with Gasteiger partial charge in [-0.1, -0.05) is 80.6 Å². The van der Waals surface area contributed by atoms with E-state index in [-0.39, 0.29) is 12.5 Å². The van der Waals surface area contributed by atoms with Gasteiger partial charge in [0, 0.05) is 13.0 Å². The Morgan fingerprint density at radius 1 is 0.967 bits per heavy atom. The predicted octanol–water partition coefficient (Wildman–Crippen LogP) is 6.81. The topological polar surface area (TPSA) is 21.6 Å². The van der Waals surface area contributed by atoms with E-state index < -0.39 is 18.2 Å². The van der Waals surface area contributed by atoms with Crippen molar-refractivity contribution in [3.63, 3.8) is 0 Å². The first-order valence-corrected chi connectivity index (χ1v) is 10.4. The minimum absolute atomic E-state index is 0.0995. The molecule has 0 saturated carbocycles. The van der Waals surface area contributed by atoms with E-state index in [1.807, 2.05) is 80.6 Å². The highest BCUT2D eigenvalue weighted by Crippen LogP contribution is 2.21. The van der Waals surface area contributed by atoms with E-state index in [1.54, 1.807) is 6.08 Å². The zero-order chi connectivity index (χ0) is 21.8. The molecule has 0 aliphatic rings. The molecule has 0 heterocycles. The summed E-state index contributed by atoms with van der Waals surface area (Å²) in [5, 5.41) is 0. The van der Waals surface area contributed by atoms with Crippen molar-refractivity contribution in [1.29, 1.82) is 0 Å². The van der Waals surface area contributed by atoms with Crippen LogP contribution in [0.4, 0.5) is 13.2 Å². The zero-order valence-corrected chi connectivity index (χ0v) is 17.6. The van der Waals surface area contributed by atoms with Crippen LogP contribution >= 0.6 is 0 Å². The Morgan fingerprint density at radius 3 is 2.13 bits per heavy atom. The first-order valence-electron chi connectivity index (χ1n) is 10.4. The standard InChI is InChI=1S/C25H30F3NO/c1-20(2)17-18-29-24(25(26,27)28)30-23(19-22-14-7-4-8-15-22)16-10-9-13-21-11-5-3-6-12-21/h3-8,10-12,14-16,20,23H,9,13,17-19H2,1-2H3/b16-10+,29-24?. The Morgan fingerprint density at radius 2 is 1.57 bits per heavy atom. The minimum atomic E-state index is -4.61. The maximum atomic E-state index is 13.5. The van der Waals surface area contributed by atoms with Gasteiger partial charge in [0.05, 0.1) is 0 Å². The zero-order valence-electron chi connectivity index (χ0n) is 17.6. The van der Waals surface area contributed by atoms with E-state index in [1.165, 1.54) is 5.56 Å². The number of ether oxygens (including phenoxy) is 1. The van der Waals surface area contributed by atoms with Crippen LogP contribution in [0.25, 0.3) is 0 Å². The monoisotopic (exact) mass is 417 g/mol. The van der Waals surface area contributed by atoms with Crippen molar-refractivity contribution in [1.82, 2.24) is 0 Å². The molecule has 0 radical (unpaired) electrons. The molecule has 1 atom stereocenters. The van der Waals surface area contributed by atoms with Crippen LogP contribution in [0.1, 0.15) is 37.8 Å². The molecule has 162 valence electrons. The Hall–Kier alpha value is -2.56. The van der Waals surface area contributed by atoms with Crippen LogP contribution in [0.5, 0.6) is 0 Å². The van der Waals surface area contributed by atoms with E-state index >= 15 is 0 Å². The molecule has 0 aliphatic heterocycles. The predicted molar refractivity (Wildman–Crippen MR) is 117 cm³/mol. The molecule has 0 aromatic heterocycles. The largest absolute Gasteiger partial charge is 0.468 e. The average Bonchev–Trinajstić information content (AvgIpc) is 2.71. The number of alkyl halides is 3. The number of aliphatic imine (C=N–C) groups is 1. The fourth-order valence-corrected chi connectivity index (χ4v) is 2.90. The van der Waals surface area contributed by atoms with Crippen molar-refractivity contribution in [2.75, 3.05) is 6.54 Å². The Labute approximate surface area is 177 Å². The number of benzene rings is 2. The molecule has 0 spiro atoms. The number of aryl methyl sites for hydroxylation is 1. The van der Waals surface area contributed by atoms with E-state index in [2.05, 4.69) is 4.99 Å². The lowest BCUT2D eigenvalue weighted by molar-refractivity contribution is -0.0815. The van der Waals surface area contributed by atoms with Crippen molar-refractivity contribution < 1.29 is 17.9 Å². The van der Waals surface area contributed by atoms with E-state index in [4.69, 9.17) is 4.74 Å². The maximum absolute atomic E-state index is 13.5. The summed E-state index contributed by atoms with van der Waals surface area (Å²) in [6.45, 7) is 4.01. The fraction of sp³-hybridized carbons (Fsp3) is 0.400. The van der Waals surface area contributed by atoms with Gasteiger partial charge in [-0.05, 0) is 42.4 Å². The summed E-state index contributed by atoms with van der Waals surface area (Å²) in [4.78, 5) is 3.73. The average molecular weight is 418 g/mol. The van der Waals surface area contributed by atoms with Crippen molar-refractivity contribution >= 4 is 5.90 Å². The molecule has 2 aromatic rings. The number of halogens is 3. The third-order valence-electron chi connectivity index (χ3n) is 4.54. The van der Waals surface area contributed by atoms with Crippen LogP contribution in [0.3, 0.4) is 0 Å². The summed E-state index contributed by atoms with van der Waals surface area (Å²) >= 11 is 0. The Kier molecular flexibility index (Phi) is 9.65. The molecule has 2 nitrogen and oxygen atoms in total. The van der Waals surface area contributed by atoms with Gasteiger partial charge in [0.2, 0.25) is 0 Å². The summed E-state index contributed by atoms with van der Waals surface area (Å²) in [6, 6.07) is 19.4. The molecule has 0 aliphatic carbocycles. The number of hydrogen-bond donors (Lipinski definition) is 0. The highest BCUT2D eigenvalue weighted by atomic mass is 19.4.